The summed E-state index contributed by atoms with van der Waals surface area (Å²) in [6.45, 7) is 3.59. The highest BCUT2D eigenvalue weighted by Gasteiger charge is 2.10. The van der Waals surface area contributed by atoms with Gasteiger partial charge in [-0.1, -0.05) is 13.0 Å². The van der Waals surface area contributed by atoms with Gasteiger partial charge in [-0.15, -0.1) is 0 Å². The van der Waals surface area contributed by atoms with Crippen molar-refractivity contribution in [3.8, 4) is 5.88 Å². The van der Waals surface area contributed by atoms with Crippen LogP contribution in [-0.4, -0.2) is 23.1 Å². The number of ether oxygens (including phenoxy) is 1. The van der Waals surface area contributed by atoms with Crippen molar-refractivity contribution in [2.75, 3.05) is 13.2 Å². The lowest BCUT2D eigenvalue weighted by Gasteiger charge is -2.09. The quantitative estimate of drug-likeness (QED) is 0.842. The Balaban J connectivity index is 1.92. The fraction of sp³-hybridized carbons (Fsp3) is 0.333. The van der Waals surface area contributed by atoms with Gasteiger partial charge in [-0.3, -0.25) is 4.98 Å². The van der Waals surface area contributed by atoms with E-state index in [0.717, 1.165) is 12.2 Å². The van der Waals surface area contributed by atoms with Crippen LogP contribution in [0.25, 0.3) is 0 Å². The summed E-state index contributed by atoms with van der Waals surface area (Å²) in [7, 11) is 0. The number of rotatable bonds is 7. The average molecular weight is 275 g/mol. The first-order valence-corrected chi connectivity index (χ1v) is 6.68. The van der Waals surface area contributed by atoms with Crippen molar-refractivity contribution in [2.45, 2.75) is 19.9 Å². The van der Waals surface area contributed by atoms with Crippen molar-refractivity contribution >= 4 is 0 Å². The van der Waals surface area contributed by atoms with E-state index in [-0.39, 0.29) is 5.88 Å². The highest BCUT2D eigenvalue weighted by molar-refractivity contribution is 5.23. The summed E-state index contributed by atoms with van der Waals surface area (Å²) < 4.78 is 19.5. The van der Waals surface area contributed by atoms with Crippen LogP contribution in [0.4, 0.5) is 4.39 Å². The second-order valence-corrected chi connectivity index (χ2v) is 4.29. The zero-order valence-corrected chi connectivity index (χ0v) is 11.5. The number of pyridine rings is 2. The summed E-state index contributed by atoms with van der Waals surface area (Å²) in [4.78, 5) is 8.12. The summed E-state index contributed by atoms with van der Waals surface area (Å²) in [5, 5.41) is 3.08. The molecule has 1 N–H and O–H groups in total. The monoisotopic (exact) mass is 275 g/mol. The molecular weight excluding hydrogens is 257 g/mol. The molecule has 0 aliphatic rings. The Kier molecular flexibility index (Phi) is 5.43. The smallest absolute Gasteiger partial charge is 0.250 e. The van der Waals surface area contributed by atoms with Crippen LogP contribution in [0.15, 0.2) is 36.7 Å². The average Bonchev–Trinajstić information content (AvgIpc) is 2.49. The Bertz CT molecular complexity index is 534. The maximum absolute atomic E-state index is 14.1. The van der Waals surface area contributed by atoms with Gasteiger partial charge in [-0.2, -0.15) is 0 Å². The summed E-state index contributed by atoms with van der Waals surface area (Å²) in [5.74, 6) is -0.342. The largest absolute Gasteiger partial charge is 0.475 e. The van der Waals surface area contributed by atoms with Gasteiger partial charge >= 0.3 is 0 Å². The second-order valence-electron chi connectivity index (χ2n) is 4.29. The Morgan fingerprint density at radius 2 is 2.10 bits per heavy atom. The zero-order valence-electron chi connectivity index (χ0n) is 11.5. The van der Waals surface area contributed by atoms with Gasteiger partial charge in [-0.05, 0) is 24.7 Å². The number of nitrogens with one attached hydrogen (secondary N) is 1. The predicted octanol–water partition coefficient (Wildman–Crippen LogP) is 2.35. The van der Waals surface area contributed by atoms with E-state index < -0.39 is 5.82 Å². The molecule has 0 saturated carbocycles. The Morgan fingerprint density at radius 3 is 2.85 bits per heavy atom. The normalized spacial score (nSPS) is 10.5. The standard InChI is InChI=1S/C15H18FN3O/c1-2-17-11-12-6-9-19-15(14(12)16)20-10-7-13-5-3-4-8-18-13/h3-6,8-9,17H,2,7,10-11H2,1H3. The van der Waals surface area contributed by atoms with E-state index in [1.54, 1.807) is 18.5 Å². The molecule has 0 aromatic carbocycles. The van der Waals surface area contributed by atoms with Crippen LogP contribution < -0.4 is 10.1 Å². The molecule has 2 aromatic heterocycles. The van der Waals surface area contributed by atoms with Crippen molar-refractivity contribution in [3.63, 3.8) is 0 Å². The third-order valence-electron chi connectivity index (χ3n) is 2.83. The Hall–Kier alpha value is -2.01. The molecule has 2 aromatic rings. The van der Waals surface area contributed by atoms with Gasteiger partial charge in [0, 0.05) is 36.6 Å². The molecule has 0 amide bonds. The van der Waals surface area contributed by atoms with Crippen molar-refractivity contribution in [2.24, 2.45) is 0 Å². The van der Waals surface area contributed by atoms with Crippen LogP contribution in [-0.2, 0) is 13.0 Å². The zero-order chi connectivity index (χ0) is 14.2. The van der Waals surface area contributed by atoms with Crippen molar-refractivity contribution in [1.29, 1.82) is 0 Å². The Morgan fingerprint density at radius 1 is 1.20 bits per heavy atom. The summed E-state index contributed by atoms with van der Waals surface area (Å²) >= 11 is 0. The fourth-order valence-electron chi connectivity index (χ4n) is 1.76. The number of hydrogen-bond acceptors (Lipinski definition) is 4. The predicted molar refractivity (Wildman–Crippen MR) is 75.0 cm³/mol. The van der Waals surface area contributed by atoms with Gasteiger partial charge in [0.25, 0.3) is 5.88 Å². The number of halogens is 1. The highest BCUT2D eigenvalue weighted by atomic mass is 19.1. The van der Waals surface area contributed by atoms with Crippen molar-refractivity contribution < 1.29 is 9.13 Å². The van der Waals surface area contributed by atoms with Crippen LogP contribution in [0.5, 0.6) is 5.88 Å². The lowest BCUT2D eigenvalue weighted by molar-refractivity contribution is 0.289. The van der Waals surface area contributed by atoms with E-state index in [9.17, 15) is 4.39 Å². The number of hydrogen-bond donors (Lipinski definition) is 1. The lowest BCUT2D eigenvalue weighted by atomic mass is 10.2. The molecule has 0 spiro atoms. The molecule has 2 rings (SSSR count). The van der Waals surface area contributed by atoms with Crippen LogP contribution in [0.3, 0.4) is 0 Å². The third-order valence-corrected chi connectivity index (χ3v) is 2.83. The molecule has 0 bridgehead atoms. The molecule has 20 heavy (non-hydrogen) atoms. The Labute approximate surface area is 118 Å². The van der Waals surface area contributed by atoms with E-state index in [1.165, 1.54) is 0 Å². The van der Waals surface area contributed by atoms with Crippen LogP contribution in [0, 0.1) is 5.82 Å². The molecule has 2 heterocycles. The maximum Gasteiger partial charge on any atom is 0.250 e. The van der Waals surface area contributed by atoms with E-state index in [4.69, 9.17) is 4.74 Å². The second kappa shape index (κ2) is 7.55. The highest BCUT2D eigenvalue weighted by Crippen LogP contribution is 2.17. The molecule has 0 fully saturated rings. The minimum atomic E-state index is -0.394. The molecule has 0 atom stereocenters. The van der Waals surface area contributed by atoms with E-state index in [1.807, 2.05) is 25.1 Å². The van der Waals surface area contributed by atoms with Gasteiger partial charge < -0.3 is 10.1 Å². The van der Waals surface area contributed by atoms with E-state index >= 15 is 0 Å². The molecule has 4 nitrogen and oxygen atoms in total. The first-order chi connectivity index (χ1) is 9.81. The lowest BCUT2D eigenvalue weighted by Crippen LogP contribution is -2.14. The number of nitrogens with zero attached hydrogens (tertiary/aromatic N) is 2. The van der Waals surface area contributed by atoms with Gasteiger partial charge in [0.1, 0.15) is 0 Å². The molecule has 0 radical (unpaired) electrons. The van der Waals surface area contributed by atoms with Crippen molar-refractivity contribution in [1.82, 2.24) is 15.3 Å². The van der Waals surface area contributed by atoms with E-state index in [2.05, 4.69) is 15.3 Å². The number of aromatic nitrogens is 2. The molecule has 0 saturated heterocycles. The molecule has 0 aliphatic heterocycles. The molecule has 5 heteroatoms. The minimum absolute atomic E-state index is 0.0522. The summed E-state index contributed by atoms with van der Waals surface area (Å²) in [6, 6.07) is 7.34. The molecule has 0 unspecified atom stereocenters. The summed E-state index contributed by atoms with van der Waals surface area (Å²) in [5.41, 5.74) is 1.48. The van der Waals surface area contributed by atoms with Gasteiger partial charge in [-0.25, -0.2) is 9.37 Å². The van der Waals surface area contributed by atoms with E-state index in [0.29, 0.717) is 25.1 Å². The SMILES string of the molecule is CCNCc1ccnc(OCCc2ccccn2)c1F. The van der Waals surface area contributed by atoms with Crippen LogP contribution in [0.2, 0.25) is 0 Å². The van der Waals surface area contributed by atoms with Gasteiger partial charge in [0.2, 0.25) is 0 Å². The van der Waals surface area contributed by atoms with Crippen molar-refractivity contribution in [3.05, 3.63) is 53.7 Å². The molecule has 0 aliphatic carbocycles. The molecule has 106 valence electrons. The topological polar surface area (TPSA) is 47.0 Å². The van der Waals surface area contributed by atoms with Crippen LogP contribution in [0.1, 0.15) is 18.2 Å². The third kappa shape index (κ3) is 3.99. The minimum Gasteiger partial charge on any atom is -0.475 e. The van der Waals surface area contributed by atoms with Gasteiger partial charge in [0.15, 0.2) is 5.82 Å². The maximum atomic E-state index is 14.1. The fourth-order valence-corrected chi connectivity index (χ4v) is 1.76. The van der Waals surface area contributed by atoms with Crippen LogP contribution >= 0.6 is 0 Å². The first kappa shape index (κ1) is 14.4. The first-order valence-electron chi connectivity index (χ1n) is 6.68. The van der Waals surface area contributed by atoms with Gasteiger partial charge in [0.05, 0.1) is 6.61 Å². The molecular formula is C15H18FN3O. The summed E-state index contributed by atoms with van der Waals surface area (Å²) in [6.07, 6.45) is 3.91.